The minimum absolute atomic E-state index is 0.0196. The maximum atomic E-state index is 12.6. The summed E-state index contributed by atoms with van der Waals surface area (Å²) in [5, 5.41) is 7.63. The van der Waals surface area contributed by atoms with Crippen LogP contribution < -0.4 is 5.32 Å². The number of fused-ring (bicyclic) bond motifs is 1. The summed E-state index contributed by atoms with van der Waals surface area (Å²) in [5.74, 6) is 0.516. The number of hydrogen-bond donors (Lipinski definition) is 1. The molecule has 3 rings (SSSR count). The number of hydrogen-bond acceptors (Lipinski definition) is 4. The molecule has 3 heterocycles. The number of aromatic nitrogens is 2. The van der Waals surface area contributed by atoms with Crippen molar-refractivity contribution >= 4 is 5.91 Å². The average Bonchev–Trinajstić information content (AvgIpc) is 3.00. The van der Waals surface area contributed by atoms with E-state index in [0.29, 0.717) is 17.7 Å². The van der Waals surface area contributed by atoms with E-state index in [1.807, 2.05) is 13.1 Å². The molecule has 1 aromatic rings. The van der Waals surface area contributed by atoms with E-state index in [2.05, 4.69) is 36.1 Å². The summed E-state index contributed by atoms with van der Waals surface area (Å²) in [7, 11) is 1.84. The molecule has 0 saturated carbocycles. The van der Waals surface area contributed by atoms with Gasteiger partial charge in [-0.15, -0.1) is 0 Å². The molecule has 6 heteroatoms. The molecule has 2 aliphatic rings. The van der Waals surface area contributed by atoms with Crippen LogP contribution in [0, 0.1) is 5.92 Å². The number of amides is 1. The Morgan fingerprint density at radius 3 is 3.00 bits per heavy atom. The van der Waals surface area contributed by atoms with Gasteiger partial charge in [0, 0.05) is 32.2 Å². The number of aryl methyl sites for hydroxylation is 1. The Morgan fingerprint density at radius 1 is 1.48 bits per heavy atom. The molecule has 128 valence electrons. The van der Waals surface area contributed by atoms with E-state index >= 15 is 0 Å². The molecule has 1 N–H and O–H groups in total. The van der Waals surface area contributed by atoms with Crippen LogP contribution in [0.4, 0.5) is 0 Å². The molecule has 0 unspecified atom stereocenters. The highest BCUT2D eigenvalue weighted by Gasteiger charge is 2.37. The molecular formula is C17H28N4O2. The standard InChI is InChI=1S/C17H28N4O2/c1-11(2)5-13-7-16(20(4)19-13)17(22)18-14-6-15-10-23-12(3)8-21(15)9-14/h7,11-12,14-15H,5-6,8-10H2,1-4H3,(H,18,22)/t12-,14+,15-/m0/s1. The van der Waals surface area contributed by atoms with Gasteiger partial charge in [-0.1, -0.05) is 13.8 Å². The second-order valence-corrected chi connectivity index (χ2v) is 7.40. The van der Waals surface area contributed by atoms with Gasteiger partial charge in [0.1, 0.15) is 5.69 Å². The van der Waals surface area contributed by atoms with Crippen LogP contribution >= 0.6 is 0 Å². The van der Waals surface area contributed by atoms with Crippen LogP contribution in [0.1, 0.15) is 43.4 Å². The lowest BCUT2D eigenvalue weighted by Gasteiger charge is -2.33. The lowest BCUT2D eigenvalue weighted by molar-refractivity contribution is -0.0390. The van der Waals surface area contributed by atoms with Gasteiger partial charge in [0.25, 0.3) is 5.91 Å². The van der Waals surface area contributed by atoms with Crippen molar-refractivity contribution < 1.29 is 9.53 Å². The van der Waals surface area contributed by atoms with E-state index < -0.39 is 0 Å². The minimum Gasteiger partial charge on any atom is -0.376 e. The maximum Gasteiger partial charge on any atom is 0.269 e. The second kappa shape index (κ2) is 6.61. The fourth-order valence-electron chi connectivity index (χ4n) is 3.66. The van der Waals surface area contributed by atoms with Gasteiger partial charge in [-0.3, -0.25) is 14.4 Å². The van der Waals surface area contributed by atoms with Gasteiger partial charge in [-0.05, 0) is 31.7 Å². The van der Waals surface area contributed by atoms with E-state index in [0.717, 1.165) is 38.2 Å². The minimum atomic E-state index is -0.0196. The predicted octanol–water partition coefficient (Wildman–Crippen LogP) is 1.21. The molecule has 2 aliphatic heterocycles. The van der Waals surface area contributed by atoms with Crippen LogP contribution in [-0.4, -0.2) is 58.5 Å². The first-order valence-electron chi connectivity index (χ1n) is 8.61. The van der Waals surface area contributed by atoms with E-state index in [1.165, 1.54) is 0 Å². The molecule has 0 aliphatic carbocycles. The van der Waals surface area contributed by atoms with Crippen LogP contribution in [-0.2, 0) is 18.2 Å². The van der Waals surface area contributed by atoms with E-state index in [9.17, 15) is 4.79 Å². The number of nitrogens with one attached hydrogen (secondary N) is 1. The molecular weight excluding hydrogens is 292 g/mol. The van der Waals surface area contributed by atoms with Gasteiger partial charge in [0.2, 0.25) is 0 Å². The maximum absolute atomic E-state index is 12.6. The van der Waals surface area contributed by atoms with Crippen molar-refractivity contribution in [3.05, 3.63) is 17.5 Å². The van der Waals surface area contributed by atoms with Crippen molar-refractivity contribution in [2.45, 2.75) is 51.8 Å². The zero-order valence-electron chi connectivity index (χ0n) is 14.6. The summed E-state index contributed by atoms with van der Waals surface area (Å²) in [6.07, 6.45) is 2.15. The van der Waals surface area contributed by atoms with Crippen molar-refractivity contribution in [2.24, 2.45) is 13.0 Å². The van der Waals surface area contributed by atoms with Gasteiger partial charge in [0.15, 0.2) is 0 Å². The molecule has 0 bridgehead atoms. The normalized spacial score (nSPS) is 28.1. The predicted molar refractivity (Wildman–Crippen MR) is 88.4 cm³/mol. The summed E-state index contributed by atoms with van der Waals surface area (Å²) in [5.41, 5.74) is 1.63. The number of morpholine rings is 1. The fraction of sp³-hybridized carbons (Fsp3) is 0.765. The Balaban J connectivity index is 1.60. The van der Waals surface area contributed by atoms with Gasteiger partial charge in [-0.2, -0.15) is 5.10 Å². The molecule has 1 aromatic heterocycles. The molecule has 3 atom stereocenters. The molecule has 0 spiro atoms. The zero-order chi connectivity index (χ0) is 16.6. The highest BCUT2D eigenvalue weighted by molar-refractivity contribution is 5.92. The third-order valence-corrected chi connectivity index (χ3v) is 4.71. The average molecular weight is 320 g/mol. The lowest BCUT2D eigenvalue weighted by atomic mass is 10.1. The van der Waals surface area contributed by atoms with Crippen molar-refractivity contribution in [3.63, 3.8) is 0 Å². The van der Waals surface area contributed by atoms with Gasteiger partial charge in [-0.25, -0.2) is 0 Å². The summed E-state index contributed by atoms with van der Waals surface area (Å²) < 4.78 is 7.42. The van der Waals surface area contributed by atoms with Crippen molar-refractivity contribution in [1.29, 1.82) is 0 Å². The fourth-order valence-corrected chi connectivity index (χ4v) is 3.66. The summed E-state index contributed by atoms with van der Waals surface area (Å²) >= 11 is 0. The topological polar surface area (TPSA) is 59.4 Å². The van der Waals surface area contributed by atoms with Crippen molar-refractivity contribution in [2.75, 3.05) is 19.7 Å². The van der Waals surface area contributed by atoms with E-state index in [1.54, 1.807) is 4.68 Å². The van der Waals surface area contributed by atoms with Gasteiger partial charge >= 0.3 is 0 Å². The monoisotopic (exact) mass is 320 g/mol. The SMILES string of the molecule is CC(C)Cc1cc(C(=O)N[C@@H]2C[C@H]3CO[C@@H](C)CN3C2)n(C)n1. The molecule has 2 saturated heterocycles. The molecule has 23 heavy (non-hydrogen) atoms. The Labute approximate surface area is 138 Å². The largest absolute Gasteiger partial charge is 0.376 e. The van der Waals surface area contributed by atoms with Crippen LogP contribution in [0.25, 0.3) is 0 Å². The van der Waals surface area contributed by atoms with Crippen LogP contribution in [0.5, 0.6) is 0 Å². The third kappa shape index (κ3) is 3.75. The highest BCUT2D eigenvalue weighted by atomic mass is 16.5. The molecule has 0 radical (unpaired) electrons. The van der Waals surface area contributed by atoms with Crippen molar-refractivity contribution in [1.82, 2.24) is 20.0 Å². The molecule has 2 fully saturated rings. The van der Waals surface area contributed by atoms with E-state index in [4.69, 9.17) is 4.74 Å². The molecule has 0 aromatic carbocycles. The second-order valence-electron chi connectivity index (χ2n) is 7.40. The van der Waals surface area contributed by atoms with Crippen LogP contribution in [0.15, 0.2) is 6.07 Å². The van der Waals surface area contributed by atoms with Crippen molar-refractivity contribution in [3.8, 4) is 0 Å². The smallest absolute Gasteiger partial charge is 0.269 e. The Kier molecular flexibility index (Phi) is 4.73. The first-order valence-corrected chi connectivity index (χ1v) is 8.61. The molecule has 6 nitrogen and oxygen atoms in total. The number of nitrogens with zero attached hydrogens (tertiary/aromatic N) is 3. The zero-order valence-corrected chi connectivity index (χ0v) is 14.6. The van der Waals surface area contributed by atoms with Crippen LogP contribution in [0.2, 0.25) is 0 Å². The molecule has 1 amide bonds. The lowest BCUT2D eigenvalue weighted by Crippen LogP contribution is -2.45. The first-order chi connectivity index (χ1) is 10.9. The Morgan fingerprint density at radius 2 is 2.26 bits per heavy atom. The number of ether oxygens (including phenoxy) is 1. The third-order valence-electron chi connectivity index (χ3n) is 4.71. The number of carbonyl (C=O) groups excluding carboxylic acids is 1. The van der Waals surface area contributed by atoms with Gasteiger partial charge < -0.3 is 10.1 Å². The summed E-state index contributed by atoms with van der Waals surface area (Å²) in [6, 6.07) is 2.56. The van der Waals surface area contributed by atoms with E-state index in [-0.39, 0.29) is 18.1 Å². The van der Waals surface area contributed by atoms with Crippen LogP contribution in [0.3, 0.4) is 0 Å². The first kappa shape index (κ1) is 16.5. The summed E-state index contributed by atoms with van der Waals surface area (Å²) in [6.45, 7) is 9.08. The summed E-state index contributed by atoms with van der Waals surface area (Å²) in [4.78, 5) is 15.0. The number of carbonyl (C=O) groups is 1. The quantitative estimate of drug-likeness (QED) is 0.906. The Bertz CT molecular complexity index is 569. The number of rotatable bonds is 4. The van der Waals surface area contributed by atoms with Gasteiger partial charge in [0.05, 0.1) is 18.4 Å². The Hall–Kier alpha value is -1.40. The highest BCUT2D eigenvalue weighted by Crippen LogP contribution is 2.23.